The molecule has 0 saturated heterocycles. The van der Waals surface area contributed by atoms with E-state index in [0.29, 0.717) is 23.1 Å². The summed E-state index contributed by atoms with van der Waals surface area (Å²) >= 11 is 3.32. The molecular weight excluding hydrogens is 354 g/mol. The van der Waals surface area contributed by atoms with Gasteiger partial charge in [0.05, 0.1) is 0 Å². The zero-order valence-electron chi connectivity index (χ0n) is 11.7. The number of carbonyl (C=O) groups is 1. The van der Waals surface area contributed by atoms with E-state index >= 15 is 0 Å². The fourth-order valence-corrected chi connectivity index (χ4v) is 2.72. The van der Waals surface area contributed by atoms with Gasteiger partial charge in [-0.15, -0.1) is 0 Å². The van der Waals surface area contributed by atoms with Crippen molar-refractivity contribution in [2.75, 3.05) is 5.33 Å². The smallest absolute Gasteiger partial charge is 0.315 e. The fraction of sp³-hybridized carbons (Fsp3) is 0.235. The number of carboxylic acids is 1. The molecular formula is C17H15BrF2O2. The zero-order valence-corrected chi connectivity index (χ0v) is 13.3. The van der Waals surface area contributed by atoms with E-state index in [2.05, 4.69) is 15.9 Å². The first kappa shape index (κ1) is 16.6. The Bertz CT molecular complexity index is 656. The van der Waals surface area contributed by atoms with Crippen molar-refractivity contribution in [1.82, 2.24) is 0 Å². The van der Waals surface area contributed by atoms with Gasteiger partial charge in [-0.25, -0.2) is 8.78 Å². The Hall–Kier alpha value is -1.75. The number of aryl methyl sites for hydroxylation is 1. The van der Waals surface area contributed by atoms with Gasteiger partial charge < -0.3 is 5.11 Å². The van der Waals surface area contributed by atoms with Crippen molar-refractivity contribution in [3.8, 4) is 0 Å². The van der Waals surface area contributed by atoms with Crippen LogP contribution >= 0.6 is 15.9 Å². The van der Waals surface area contributed by atoms with Crippen LogP contribution in [-0.2, 0) is 11.2 Å². The Morgan fingerprint density at radius 1 is 1.09 bits per heavy atom. The molecule has 0 spiro atoms. The maximum atomic E-state index is 13.5. The number of hydrogen-bond acceptors (Lipinski definition) is 1. The third kappa shape index (κ3) is 3.91. The molecule has 2 aromatic rings. The van der Waals surface area contributed by atoms with Gasteiger partial charge in [0.25, 0.3) is 0 Å². The first-order valence-corrected chi connectivity index (χ1v) is 7.97. The Morgan fingerprint density at radius 2 is 1.73 bits per heavy atom. The second kappa shape index (κ2) is 7.49. The molecule has 1 unspecified atom stereocenters. The second-order valence-electron chi connectivity index (χ2n) is 4.96. The third-order valence-corrected chi connectivity index (χ3v) is 4.01. The summed E-state index contributed by atoms with van der Waals surface area (Å²) in [5.41, 5.74) is 1.68. The molecule has 116 valence electrons. The lowest BCUT2D eigenvalue weighted by atomic mass is 9.87. The van der Waals surface area contributed by atoms with Crippen LogP contribution in [0.15, 0.2) is 42.5 Å². The van der Waals surface area contributed by atoms with E-state index in [1.807, 2.05) is 0 Å². The van der Waals surface area contributed by atoms with E-state index in [1.54, 1.807) is 0 Å². The summed E-state index contributed by atoms with van der Waals surface area (Å²) in [4.78, 5) is 11.7. The minimum atomic E-state index is -1.04. The molecule has 0 saturated carbocycles. The van der Waals surface area contributed by atoms with E-state index in [9.17, 15) is 18.7 Å². The lowest BCUT2D eigenvalue weighted by Crippen LogP contribution is -2.15. The van der Waals surface area contributed by atoms with E-state index in [1.165, 1.54) is 42.5 Å². The fourth-order valence-electron chi connectivity index (χ4n) is 2.44. The van der Waals surface area contributed by atoms with Crippen LogP contribution < -0.4 is 0 Å². The van der Waals surface area contributed by atoms with Crippen molar-refractivity contribution in [3.05, 3.63) is 70.8 Å². The number of alkyl halides is 1. The van der Waals surface area contributed by atoms with Crippen LogP contribution in [0.2, 0.25) is 0 Å². The first-order chi connectivity index (χ1) is 10.5. The highest BCUT2D eigenvalue weighted by atomic mass is 79.9. The zero-order chi connectivity index (χ0) is 16.1. The highest BCUT2D eigenvalue weighted by molar-refractivity contribution is 9.09. The van der Waals surface area contributed by atoms with Crippen LogP contribution in [-0.4, -0.2) is 16.4 Å². The standard InChI is InChI=1S/C17H15BrF2O2/c18-9-1-2-12-10-14(20)7-8-15(12)16(17(21)22)11-3-5-13(19)6-4-11/h3-8,10,16H,1-2,9H2,(H,21,22). The van der Waals surface area contributed by atoms with Gasteiger partial charge in [0, 0.05) is 5.33 Å². The normalized spacial score (nSPS) is 12.1. The van der Waals surface area contributed by atoms with Gasteiger partial charge in [0.2, 0.25) is 0 Å². The first-order valence-electron chi connectivity index (χ1n) is 6.85. The number of halogens is 3. The molecule has 0 heterocycles. The SMILES string of the molecule is O=C(O)C(c1ccc(F)cc1)c1ccc(F)cc1CCCBr. The number of aliphatic carboxylic acids is 1. The van der Waals surface area contributed by atoms with Crippen LogP contribution in [0.1, 0.15) is 29.0 Å². The Balaban J connectivity index is 2.48. The predicted molar refractivity (Wildman–Crippen MR) is 84.4 cm³/mol. The maximum absolute atomic E-state index is 13.5. The molecule has 0 bridgehead atoms. The number of hydrogen-bond donors (Lipinski definition) is 1. The average molecular weight is 369 g/mol. The molecule has 0 amide bonds. The van der Waals surface area contributed by atoms with Crippen LogP contribution in [0, 0.1) is 11.6 Å². The van der Waals surface area contributed by atoms with Crippen molar-refractivity contribution < 1.29 is 18.7 Å². The van der Waals surface area contributed by atoms with Crippen molar-refractivity contribution in [3.63, 3.8) is 0 Å². The van der Waals surface area contributed by atoms with Gasteiger partial charge in [0.15, 0.2) is 0 Å². The van der Waals surface area contributed by atoms with E-state index < -0.39 is 23.5 Å². The van der Waals surface area contributed by atoms with Gasteiger partial charge in [0.1, 0.15) is 17.6 Å². The highest BCUT2D eigenvalue weighted by Crippen LogP contribution is 2.29. The summed E-state index contributed by atoms with van der Waals surface area (Å²) in [5, 5.41) is 10.3. The Morgan fingerprint density at radius 3 is 2.32 bits per heavy atom. The molecule has 0 fully saturated rings. The van der Waals surface area contributed by atoms with Crippen molar-refractivity contribution in [1.29, 1.82) is 0 Å². The van der Waals surface area contributed by atoms with Crippen LogP contribution in [0.3, 0.4) is 0 Å². The largest absolute Gasteiger partial charge is 0.481 e. The Labute approximate surface area is 135 Å². The molecule has 0 aliphatic carbocycles. The minimum absolute atomic E-state index is 0.392. The van der Waals surface area contributed by atoms with Crippen molar-refractivity contribution >= 4 is 21.9 Å². The summed E-state index contributed by atoms with van der Waals surface area (Å²) in [6, 6.07) is 9.49. The van der Waals surface area contributed by atoms with Crippen molar-refractivity contribution in [2.24, 2.45) is 0 Å². The van der Waals surface area contributed by atoms with Crippen LogP contribution in [0.25, 0.3) is 0 Å². The van der Waals surface area contributed by atoms with E-state index in [-0.39, 0.29) is 0 Å². The molecule has 1 atom stereocenters. The summed E-state index contributed by atoms with van der Waals surface area (Å²) in [5.74, 6) is -2.80. The average Bonchev–Trinajstić information content (AvgIpc) is 2.49. The Kier molecular flexibility index (Phi) is 5.66. The topological polar surface area (TPSA) is 37.3 Å². The molecule has 2 nitrogen and oxygen atoms in total. The van der Waals surface area contributed by atoms with Crippen LogP contribution in [0.4, 0.5) is 8.78 Å². The summed E-state index contributed by atoms with van der Waals surface area (Å²) < 4.78 is 26.5. The lowest BCUT2D eigenvalue weighted by molar-refractivity contribution is -0.137. The van der Waals surface area contributed by atoms with Crippen molar-refractivity contribution in [2.45, 2.75) is 18.8 Å². The quantitative estimate of drug-likeness (QED) is 0.761. The molecule has 2 aromatic carbocycles. The second-order valence-corrected chi connectivity index (χ2v) is 5.75. The molecule has 0 aromatic heterocycles. The lowest BCUT2D eigenvalue weighted by Gasteiger charge is -2.17. The molecule has 22 heavy (non-hydrogen) atoms. The molecule has 5 heteroatoms. The van der Waals surface area contributed by atoms with E-state index in [0.717, 1.165) is 11.8 Å². The molecule has 0 aliphatic heterocycles. The predicted octanol–water partition coefficient (Wildman–Crippen LogP) is 4.51. The summed E-state index contributed by atoms with van der Waals surface area (Å²) in [6.07, 6.45) is 1.34. The molecule has 1 N–H and O–H groups in total. The number of carboxylic acid groups (broad SMARTS) is 1. The van der Waals surface area contributed by atoms with Gasteiger partial charge >= 0.3 is 5.97 Å². The van der Waals surface area contributed by atoms with Gasteiger partial charge in [-0.3, -0.25) is 4.79 Å². The maximum Gasteiger partial charge on any atom is 0.315 e. The number of benzene rings is 2. The molecule has 2 rings (SSSR count). The third-order valence-electron chi connectivity index (χ3n) is 3.45. The summed E-state index contributed by atoms with van der Waals surface area (Å²) in [6.45, 7) is 0. The molecule has 0 aliphatic rings. The van der Waals surface area contributed by atoms with Gasteiger partial charge in [-0.1, -0.05) is 34.1 Å². The number of rotatable bonds is 6. The summed E-state index contributed by atoms with van der Waals surface area (Å²) in [7, 11) is 0. The molecule has 0 radical (unpaired) electrons. The van der Waals surface area contributed by atoms with Crippen LogP contribution in [0.5, 0.6) is 0 Å². The highest BCUT2D eigenvalue weighted by Gasteiger charge is 2.24. The van der Waals surface area contributed by atoms with E-state index in [4.69, 9.17) is 0 Å². The van der Waals surface area contributed by atoms with Gasteiger partial charge in [-0.05, 0) is 53.8 Å². The minimum Gasteiger partial charge on any atom is -0.481 e. The monoisotopic (exact) mass is 368 g/mol. The van der Waals surface area contributed by atoms with Gasteiger partial charge in [-0.2, -0.15) is 0 Å².